The largest absolute Gasteiger partial charge is 1.00 e. The van der Waals surface area contributed by atoms with Crippen LogP contribution in [0.2, 0.25) is 0 Å². The van der Waals surface area contributed by atoms with Crippen LogP contribution in [0.1, 0.15) is 6.92 Å². The number of ether oxygens (including phenoxy) is 4. The fraction of sp³-hybridized carbons (Fsp3) is 0.867. The van der Waals surface area contributed by atoms with Crippen molar-refractivity contribution >= 4 is 22.3 Å². The van der Waals surface area contributed by atoms with Gasteiger partial charge in [0.25, 0.3) is 0 Å². The van der Waals surface area contributed by atoms with E-state index in [0.717, 1.165) is 14.0 Å². The van der Waals surface area contributed by atoms with Crippen molar-refractivity contribution in [1.29, 1.82) is 0 Å². The van der Waals surface area contributed by atoms with Crippen molar-refractivity contribution < 1.29 is 130 Å². The maximum absolute atomic E-state index is 11.6. The van der Waals surface area contributed by atoms with Gasteiger partial charge in [0.1, 0.15) is 48.8 Å². The maximum atomic E-state index is 11.6. The van der Waals surface area contributed by atoms with Gasteiger partial charge in [0, 0.05) is 14.0 Å². The number of hydrogen-bond acceptors (Lipinski definition) is 15. The van der Waals surface area contributed by atoms with E-state index in [-0.39, 0.29) is 59.1 Å². The Morgan fingerprint density at radius 2 is 1.59 bits per heavy atom. The molecular formula is C15H23NNa2O15S. The van der Waals surface area contributed by atoms with Gasteiger partial charge in [-0.25, -0.2) is 8.42 Å². The molecule has 0 aromatic heterocycles. The Bertz CT molecular complexity index is 788. The summed E-state index contributed by atoms with van der Waals surface area (Å²) >= 11 is 0. The molecule has 2 rings (SSSR count). The standard InChI is InChI=1S/C15H25NO15S.2Na/c1-4(17)16-6-11(7(18)5(29-14(6)27-2)3-28-32(24,25)26)30-15-10(21)8(19)9(20)12(31-15)13(22)23;;/h5-12,14-15,18-21H,3H2,1-2H3,(H,16,17)(H,22,23)(H,24,25,26);;/q;2*+1/p-2/t5-,6-,7-,8+,9+,10-,11-,12+,14+,15-;;/m1../s1. The fourth-order valence-corrected chi connectivity index (χ4v) is 3.57. The first kappa shape index (κ1) is 34.5. The van der Waals surface area contributed by atoms with Gasteiger partial charge in [-0.2, -0.15) is 0 Å². The number of aliphatic hydroxyl groups is 4. The second-order valence-corrected chi connectivity index (χ2v) is 8.06. The van der Waals surface area contributed by atoms with Gasteiger partial charge in [0.15, 0.2) is 12.6 Å². The van der Waals surface area contributed by atoms with Crippen LogP contribution in [0.25, 0.3) is 0 Å². The summed E-state index contributed by atoms with van der Waals surface area (Å²) in [4.78, 5) is 22.8. The Hall–Kier alpha value is 0.490. The zero-order chi connectivity index (χ0) is 24.4. The third kappa shape index (κ3) is 8.80. The number of aliphatic carboxylic acids is 1. The van der Waals surface area contributed by atoms with Gasteiger partial charge in [0.2, 0.25) is 16.3 Å². The van der Waals surface area contributed by atoms with Gasteiger partial charge >= 0.3 is 59.1 Å². The minimum atomic E-state index is -5.18. The zero-order valence-electron chi connectivity index (χ0n) is 18.7. The van der Waals surface area contributed by atoms with Gasteiger partial charge in [0.05, 0.1) is 12.6 Å². The van der Waals surface area contributed by atoms with E-state index >= 15 is 0 Å². The second kappa shape index (κ2) is 14.4. The average molecular weight is 535 g/mol. The van der Waals surface area contributed by atoms with E-state index in [1.807, 2.05) is 0 Å². The molecule has 19 heteroatoms. The molecule has 2 saturated heterocycles. The van der Waals surface area contributed by atoms with Crippen molar-refractivity contribution in [2.45, 2.75) is 68.3 Å². The summed E-state index contributed by atoms with van der Waals surface area (Å²) in [5, 5.41) is 53.9. The van der Waals surface area contributed by atoms with Crippen LogP contribution >= 0.6 is 0 Å². The van der Waals surface area contributed by atoms with E-state index in [9.17, 15) is 48.1 Å². The minimum Gasteiger partial charge on any atom is -0.726 e. The Morgan fingerprint density at radius 3 is 2.06 bits per heavy atom. The number of carbonyl (C=O) groups is 2. The Labute approximate surface area is 238 Å². The minimum absolute atomic E-state index is 0. The maximum Gasteiger partial charge on any atom is 1.00 e. The first-order chi connectivity index (χ1) is 14.8. The third-order valence-corrected chi connectivity index (χ3v) is 5.17. The van der Waals surface area contributed by atoms with Crippen LogP contribution in [-0.2, 0) is 43.1 Å². The number of methoxy groups -OCH3 is 1. The Morgan fingerprint density at radius 1 is 1.00 bits per heavy atom. The number of carboxylic acid groups (broad SMARTS) is 1. The van der Waals surface area contributed by atoms with Gasteiger partial charge in [-0.3, -0.25) is 8.98 Å². The molecule has 5 N–H and O–H groups in total. The third-order valence-electron chi connectivity index (χ3n) is 4.75. The normalized spacial score (nSPS) is 38.2. The van der Waals surface area contributed by atoms with E-state index in [1.54, 1.807) is 0 Å². The van der Waals surface area contributed by atoms with Crippen molar-refractivity contribution in [3.8, 4) is 0 Å². The quantitative estimate of drug-likeness (QED) is 0.110. The molecule has 10 atom stereocenters. The van der Waals surface area contributed by atoms with E-state index in [0.29, 0.717) is 0 Å². The summed E-state index contributed by atoms with van der Waals surface area (Å²) in [7, 11) is -4.06. The van der Waals surface area contributed by atoms with E-state index in [4.69, 9.17) is 18.9 Å². The molecular weight excluding hydrogens is 512 g/mol. The van der Waals surface area contributed by atoms with Crippen molar-refractivity contribution in [2.75, 3.05) is 13.7 Å². The summed E-state index contributed by atoms with van der Waals surface area (Å²) in [5.41, 5.74) is 0. The first-order valence-corrected chi connectivity index (χ1v) is 10.4. The molecule has 0 aromatic carbocycles. The molecule has 0 aromatic rings. The molecule has 186 valence electrons. The molecule has 2 fully saturated rings. The Kier molecular flexibility index (Phi) is 14.6. The number of rotatable bonds is 8. The Balaban J connectivity index is 0.00000544. The predicted molar refractivity (Wildman–Crippen MR) is 91.5 cm³/mol. The van der Waals surface area contributed by atoms with Crippen molar-refractivity contribution in [3.05, 3.63) is 0 Å². The van der Waals surface area contributed by atoms with Crippen LogP contribution in [0.5, 0.6) is 0 Å². The second-order valence-electron chi connectivity index (χ2n) is 7.00. The van der Waals surface area contributed by atoms with Gasteiger partial charge < -0.3 is 59.1 Å². The fourth-order valence-electron chi connectivity index (χ4n) is 3.27. The molecule has 2 aliphatic rings. The number of aliphatic hydroxyl groups excluding tert-OH is 4. The molecule has 16 nitrogen and oxygen atoms in total. The van der Waals surface area contributed by atoms with E-state index in [2.05, 4.69) is 9.50 Å². The summed E-state index contributed by atoms with van der Waals surface area (Å²) in [6.07, 6.45) is -16.8. The number of amides is 1. The van der Waals surface area contributed by atoms with Crippen LogP contribution in [-0.4, -0.2) is 120 Å². The molecule has 2 aliphatic heterocycles. The van der Waals surface area contributed by atoms with Crippen molar-refractivity contribution in [2.24, 2.45) is 0 Å². The van der Waals surface area contributed by atoms with Crippen LogP contribution in [0, 0.1) is 0 Å². The molecule has 2 heterocycles. The van der Waals surface area contributed by atoms with Crippen LogP contribution in [0.15, 0.2) is 0 Å². The molecule has 34 heavy (non-hydrogen) atoms. The summed E-state index contributed by atoms with van der Waals surface area (Å²) in [6, 6.07) is -1.34. The number of hydrogen-bond donors (Lipinski definition) is 5. The molecule has 0 radical (unpaired) electrons. The van der Waals surface area contributed by atoms with E-state index in [1.165, 1.54) is 0 Å². The molecule has 0 saturated carbocycles. The molecule has 0 unspecified atom stereocenters. The molecule has 0 aliphatic carbocycles. The molecule has 1 amide bonds. The first-order valence-electron chi connectivity index (χ1n) is 9.06. The van der Waals surface area contributed by atoms with Gasteiger partial charge in [-0.15, -0.1) is 0 Å². The summed E-state index contributed by atoms with van der Waals surface area (Å²) in [5.74, 6) is -2.60. The molecule has 0 bridgehead atoms. The van der Waals surface area contributed by atoms with Crippen LogP contribution in [0.4, 0.5) is 0 Å². The van der Waals surface area contributed by atoms with E-state index < -0.39 is 90.2 Å². The zero-order valence-corrected chi connectivity index (χ0v) is 23.5. The number of carbonyl (C=O) groups excluding carboxylic acids is 2. The van der Waals surface area contributed by atoms with Crippen LogP contribution < -0.4 is 69.5 Å². The average Bonchev–Trinajstić information content (AvgIpc) is 2.68. The van der Waals surface area contributed by atoms with Gasteiger partial charge in [-0.05, 0) is 0 Å². The van der Waals surface area contributed by atoms with Crippen molar-refractivity contribution in [3.63, 3.8) is 0 Å². The monoisotopic (exact) mass is 535 g/mol. The smallest absolute Gasteiger partial charge is 0.726 e. The summed E-state index contributed by atoms with van der Waals surface area (Å²) in [6.45, 7) is 0.101. The van der Waals surface area contributed by atoms with Crippen LogP contribution in [0.3, 0.4) is 0 Å². The van der Waals surface area contributed by atoms with Crippen molar-refractivity contribution in [1.82, 2.24) is 5.32 Å². The number of carboxylic acids is 1. The topological polar surface area (TPSA) is 253 Å². The van der Waals surface area contributed by atoms with Gasteiger partial charge in [-0.1, -0.05) is 0 Å². The SMILES string of the molecule is CO[C@H]1O[C@H](COS(=O)(=O)[O-])[C@@H](O)[C@H](O[C@@H]2O[C@H](C(=O)[O-])[C@@H](O)[C@H](O)[C@H]2O)[C@H]1NC(C)=O.[Na+].[Na+]. The summed E-state index contributed by atoms with van der Waals surface area (Å²) < 4.78 is 57.0. The molecule has 0 spiro atoms. The number of nitrogens with one attached hydrogen (secondary N) is 1. The predicted octanol–water partition coefficient (Wildman–Crippen LogP) is -12.3.